The Bertz CT molecular complexity index is 594. The molecule has 0 radical (unpaired) electrons. The van der Waals surface area contributed by atoms with Crippen LogP contribution in [-0.4, -0.2) is 24.1 Å². The van der Waals surface area contributed by atoms with Crippen molar-refractivity contribution in [2.75, 3.05) is 13.1 Å². The number of benzene rings is 1. The van der Waals surface area contributed by atoms with Crippen molar-refractivity contribution in [1.82, 2.24) is 4.90 Å². The molecule has 5 nitrogen and oxygen atoms in total. The van der Waals surface area contributed by atoms with Crippen LogP contribution in [0.1, 0.15) is 13.8 Å². The van der Waals surface area contributed by atoms with E-state index >= 15 is 0 Å². The van der Waals surface area contributed by atoms with Crippen LogP contribution in [0, 0.1) is 5.21 Å². The average Bonchev–Trinajstić information content (AvgIpc) is 2.43. The second-order valence-electron chi connectivity index (χ2n) is 4.07. The number of carbonyl (C=O) groups is 1. The van der Waals surface area contributed by atoms with E-state index in [1.807, 2.05) is 26.0 Å². The number of para-hydroxylation sites is 1. The van der Waals surface area contributed by atoms with Gasteiger partial charge in [0, 0.05) is 24.5 Å². The van der Waals surface area contributed by atoms with E-state index in [1.165, 1.54) is 11.0 Å². The van der Waals surface area contributed by atoms with Crippen LogP contribution in [0.3, 0.4) is 0 Å². The van der Waals surface area contributed by atoms with Gasteiger partial charge in [-0.05, 0) is 26.0 Å². The number of ether oxygens (including phenoxy) is 1. The zero-order chi connectivity index (χ0) is 13.8. The Balaban J connectivity index is 2.31. The molecule has 1 aromatic carbocycles. The number of pyridine rings is 1. The molecule has 0 fully saturated rings. The highest BCUT2D eigenvalue weighted by atomic mass is 16.6. The Hall–Kier alpha value is -2.30. The highest BCUT2D eigenvalue weighted by Crippen LogP contribution is 2.14. The minimum Gasteiger partial charge on any atom is -0.616 e. The minimum absolute atomic E-state index is 0.00407. The molecule has 5 heteroatoms. The van der Waals surface area contributed by atoms with Gasteiger partial charge in [0.15, 0.2) is 0 Å². The van der Waals surface area contributed by atoms with Crippen LogP contribution < -0.4 is 9.47 Å². The smallest absolute Gasteiger partial charge is 0.419 e. The molecule has 19 heavy (non-hydrogen) atoms. The summed E-state index contributed by atoms with van der Waals surface area (Å²) in [4.78, 5) is 13.3. The van der Waals surface area contributed by atoms with Gasteiger partial charge in [-0.3, -0.25) is 0 Å². The first-order valence-electron chi connectivity index (χ1n) is 6.25. The van der Waals surface area contributed by atoms with Crippen LogP contribution in [0.2, 0.25) is 0 Å². The fraction of sp³-hybridized carbons (Fsp3) is 0.286. The van der Waals surface area contributed by atoms with E-state index in [2.05, 4.69) is 0 Å². The minimum atomic E-state index is -0.509. The number of hydrogen-bond donors (Lipinski definition) is 0. The summed E-state index contributed by atoms with van der Waals surface area (Å²) in [6, 6.07) is 10.4. The molecular weight excluding hydrogens is 244 g/mol. The number of amides is 1. The van der Waals surface area contributed by atoms with E-state index in [0.29, 0.717) is 23.3 Å². The Kier molecular flexibility index (Phi) is 3.85. The standard InChI is InChI=1S/C14H16N2O3/c1-3-15(4-2)14(17)19-13-10-9-11-7-5-6-8-12(11)16(13)18/h5-10H,3-4H2,1-2H3. The molecule has 2 aromatic rings. The topological polar surface area (TPSA) is 56.5 Å². The van der Waals surface area contributed by atoms with Gasteiger partial charge in [0.25, 0.3) is 0 Å². The monoisotopic (exact) mass is 260 g/mol. The summed E-state index contributed by atoms with van der Waals surface area (Å²) in [7, 11) is 0. The van der Waals surface area contributed by atoms with E-state index in [4.69, 9.17) is 4.74 Å². The number of nitrogens with zero attached hydrogens (tertiary/aromatic N) is 2. The zero-order valence-corrected chi connectivity index (χ0v) is 11.0. The van der Waals surface area contributed by atoms with Crippen LogP contribution in [0.15, 0.2) is 36.4 Å². The lowest BCUT2D eigenvalue weighted by Crippen LogP contribution is -2.38. The summed E-state index contributed by atoms with van der Waals surface area (Å²) in [5, 5.41) is 12.9. The third kappa shape index (κ3) is 2.59. The summed E-state index contributed by atoms with van der Waals surface area (Å²) >= 11 is 0. The summed E-state index contributed by atoms with van der Waals surface area (Å²) < 4.78 is 5.77. The van der Waals surface area contributed by atoms with Gasteiger partial charge in [-0.25, -0.2) is 4.79 Å². The van der Waals surface area contributed by atoms with Crippen LogP contribution in [0.4, 0.5) is 4.79 Å². The fourth-order valence-electron chi connectivity index (χ4n) is 1.87. The van der Waals surface area contributed by atoms with Gasteiger partial charge in [-0.2, -0.15) is 0 Å². The number of aromatic nitrogens is 1. The van der Waals surface area contributed by atoms with Crippen molar-refractivity contribution in [1.29, 1.82) is 0 Å². The molecule has 0 spiro atoms. The van der Waals surface area contributed by atoms with Gasteiger partial charge in [0.05, 0.1) is 6.07 Å². The molecule has 0 saturated heterocycles. The lowest BCUT2D eigenvalue weighted by Gasteiger charge is -2.17. The Morgan fingerprint density at radius 1 is 1.21 bits per heavy atom. The summed E-state index contributed by atoms with van der Waals surface area (Å²) in [5.74, 6) is -0.00407. The van der Waals surface area contributed by atoms with E-state index in [0.717, 1.165) is 5.39 Å². The van der Waals surface area contributed by atoms with E-state index in [-0.39, 0.29) is 5.88 Å². The Labute approximate surface area is 111 Å². The van der Waals surface area contributed by atoms with Crippen LogP contribution in [0.5, 0.6) is 5.88 Å². The molecular formula is C14H16N2O3. The molecule has 0 saturated carbocycles. The highest BCUT2D eigenvalue weighted by molar-refractivity contribution is 5.76. The van der Waals surface area contributed by atoms with Crippen molar-refractivity contribution < 1.29 is 14.3 Å². The fourth-order valence-corrected chi connectivity index (χ4v) is 1.87. The first-order chi connectivity index (χ1) is 9.17. The molecule has 0 N–H and O–H groups in total. The number of hydrogen-bond acceptors (Lipinski definition) is 3. The maximum absolute atomic E-state index is 12.1. The lowest BCUT2D eigenvalue weighted by atomic mass is 10.2. The summed E-state index contributed by atoms with van der Waals surface area (Å²) in [6.45, 7) is 4.80. The van der Waals surface area contributed by atoms with Gasteiger partial charge in [-0.1, -0.05) is 12.1 Å². The molecule has 0 aliphatic carbocycles. The molecule has 1 heterocycles. The predicted molar refractivity (Wildman–Crippen MR) is 71.9 cm³/mol. The first-order valence-corrected chi connectivity index (χ1v) is 6.25. The van der Waals surface area contributed by atoms with E-state index < -0.39 is 6.09 Å². The zero-order valence-electron chi connectivity index (χ0n) is 11.0. The van der Waals surface area contributed by atoms with Crippen molar-refractivity contribution in [2.45, 2.75) is 13.8 Å². The van der Waals surface area contributed by atoms with Gasteiger partial charge in [0.1, 0.15) is 0 Å². The SMILES string of the molecule is CCN(CC)C(=O)Oc1ccc2ccccc2[n+]1[O-]. The molecule has 0 aliphatic heterocycles. The Morgan fingerprint density at radius 2 is 1.89 bits per heavy atom. The van der Waals surface area contributed by atoms with E-state index in [1.54, 1.807) is 18.2 Å². The van der Waals surface area contributed by atoms with Crippen molar-refractivity contribution in [3.63, 3.8) is 0 Å². The second-order valence-corrected chi connectivity index (χ2v) is 4.07. The summed E-state index contributed by atoms with van der Waals surface area (Å²) in [5.41, 5.74) is 0.479. The molecule has 0 unspecified atom stereocenters. The maximum atomic E-state index is 12.1. The van der Waals surface area contributed by atoms with Gasteiger partial charge in [-0.15, -0.1) is 4.73 Å². The van der Waals surface area contributed by atoms with Gasteiger partial charge >= 0.3 is 12.0 Å². The average molecular weight is 260 g/mol. The third-order valence-electron chi connectivity index (χ3n) is 2.97. The van der Waals surface area contributed by atoms with Crippen LogP contribution >= 0.6 is 0 Å². The molecule has 0 bridgehead atoms. The Morgan fingerprint density at radius 3 is 2.58 bits per heavy atom. The third-order valence-corrected chi connectivity index (χ3v) is 2.97. The largest absolute Gasteiger partial charge is 0.616 e. The molecule has 1 amide bonds. The highest BCUT2D eigenvalue weighted by Gasteiger charge is 2.18. The molecule has 0 atom stereocenters. The number of carbonyl (C=O) groups excluding carboxylic acids is 1. The number of fused-ring (bicyclic) bond motifs is 1. The van der Waals surface area contributed by atoms with Gasteiger partial charge in [0.2, 0.25) is 5.52 Å². The molecule has 1 aromatic heterocycles. The van der Waals surface area contributed by atoms with Crippen LogP contribution in [-0.2, 0) is 0 Å². The maximum Gasteiger partial charge on any atom is 0.419 e. The molecule has 100 valence electrons. The van der Waals surface area contributed by atoms with Crippen molar-refractivity contribution in [2.24, 2.45) is 0 Å². The van der Waals surface area contributed by atoms with Crippen molar-refractivity contribution in [3.05, 3.63) is 41.6 Å². The summed E-state index contributed by atoms with van der Waals surface area (Å²) in [6.07, 6.45) is -0.509. The molecule has 2 rings (SSSR count). The predicted octanol–water partition coefficient (Wildman–Crippen LogP) is 2.31. The molecule has 0 aliphatic rings. The van der Waals surface area contributed by atoms with Gasteiger partial charge < -0.3 is 14.8 Å². The normalized spacial score (nSPS) is 10.4. The number of rotatable bonds is 3. The quantitative estimate of drug-likeness (QED) is 0.628. The van der Waals surface area contributed by atoms with Crippen molar-refractivity contribution in [3.8, 4) is 5.88 Å². The lowest BCUT2D eigenvalue weighted by molar-refractivity contribution is -0.583. The van der Waals surface area contributed by atoms with Crippen LogP contribution in [0.25, 0.3) is 10.9 Å². The first kappa shape index (κ1) is 13.1. The second kappa shape index (κ2) is 5.56. The van der Waals surface area contributed by atoms with E-state index in [9.17, 15) is 10.0 Å². The van der Waals surface area contributed by atoms with Crippen molar-refractivity contribution >= 4 is 17.0 Å².